The SMILES string of the molecule is Cc1ccc(S(=O)(=O)n2c3ccc(-n4c5ccc(-c6ccccc6)cc5c5cc(-c6ccccc6)ccc54)cc3c3cc(-n4c5ccc(-c6ccccc6)cc5c5cc(-c6ccccc6)ccc54)ccc32)cc1. The average Bonchev–Trinajstić information content (AvgIpc) is 4.08. The van der Waals surface area contributed by atoms with Gasteiger partial charge in [-0.2, -0.15) is 0 Å². The van der Waals surface area contributed by atoms with E-state index in [1.54, 1.807) is 16.1 Å². The molecule has 14 aromatic rings. The third-order valence-electron chi connectivity index (χ3n) is 14.7. The fraction of sp³-hybridized carbons (Fsp3) is 0.0149. The van der Waals surface area contributed by atoms with Crippen molar-refractivity contribution in [3.63, 3.8) is 0 Å². The first-order valence-corrected chi connectivity index (χ1v) is 26.1. The number of aromatic nitrogens is 3. The first-order chi connectivity index (χ1) is 35.9. The summed E-state index contributed by atoms with van der Waals surface area (Å²) in [5.41, 5.74) is 17.5. The van der Waals surface area contributed by atoms with E-state index in [2.05, 4.69) is 203 Å². The van der Waals surface area contributed by atoms with Crippen molar-refractivity contribution in [2.24, 2.45) is 0 Å². The van der Waals surface area contributed by atoms with Gasteiger partial charge in [0.1, 0.15) is 0 Å². The minimum Gasteiger partial charge on any atom is -0.309 e. The molecule has 3 aromatic heterocycles. The summed E-state index contributed by atoms with van der Waals surface area (Å²) in [6.07, 6.45) is 0. The molecule has 0 bridgehead atoms. The van der Waals surface area contributed by atoms with Crippen LogP contribution in [0.3, 0.4) is 0 Å². The van der Waals surface area contributed by atoms with E-state index in [9.17, 15) is 0 Å². The Morgan fingerprint density at radius 3 is 0.877 bits per heavy atom. The maximum atomic E-state index is 15.1. The predicted octanol–water partition coefficient (Wildman–Crippen LogP) is 17.2. The summed E-state index contributed by atoms with van der Waals surface area (Å²) in [5, 5.41) is 6.22. The molecule has 0 saturated carbocycles. The Hall–Kier alpha value is -9.23. The highest BCUT2D eigenvalue weighted by molar-refractivity contribution is 7.90. The van der Waals surface area contributed by atoms with E-state index in [1.807, 2.05) is 55.5 Å². The summed E-state index contributed by atoms with van der Waals surface area (Å²) < 4.78 is 36.4. The lowest BCUT2D eigenvalue weighted by Gasteiger charge is -2.12. The fourth-order valence-electron chi connectivity index (χ4n) is 11.2. The molecule has 0 aliphatic rings. The zero-order chi connectivity index (χ0) is 48.8. The number of hydrogen-bond donors (Lipinski definition) is 0. The van der Waals surface area contributed by atoms with Gasteiger partial charge in [-0.3, -0.25) is 0 Å². The molecule has 0 aliphatic heterocycles. The Balaban J connectivity index is 1.03. The Bertz CT molecular complexity index is 4140. The topological polar surface area (TPSA) is 48.9 Å². The molecule has 0 amide bonds. The average molecular weight is 956 g/mol. The molecule has 346 valence electrons. The van der Waals surface area contributed by atoms with Crippen LogP contribution in [-0.2, 0) is 10.0 Å². The van der Waals surface area contributed by atoms with Crippen LogP contribution >= 0.6 is 0 Å². The lowest BCUT2D eigenvalue weighted by molar-refractivity contribution is 0.590. The van der Waals surface area contributed by atoms with E-state index in [1.165, 1.54) is 0 Å². The highest BCUT2D eigenvalue weighted by atomic mass is 32.2. The van der Waals surface area contributed by atoms with Gasteiger partial charge in [0.05, 0.1) is 38.0 Å². The number of hydrogen-bond acceptors (Lipinski definition) is 2. The van der Waals surface area contributed by atoms with Crippen molar-refractivity contribution >= 4 is 75.4 Å². The summed E-state index contributed by atoms with van der Waals surface area (Å²) in [4.78, 5) is 0.238. The molecule has 0 radical (unpaired) electrons. The third-order valence-corrected chi connectivity index (χ3v) is 16.5. The molecule has 0 unspecified atom stereocenters. The van der Waals surface area contributed by atoms with Gasteiger partial charge in [0.2, 0.25) is 0 Å². The quantitative estimate of drug-likeness (QED) is 0.152. The number of nitrogens with zero attached hydrogens (tertiary/aromatic N) is 3. The van der Waals surface area contributed by atoms with Crippen LogP contribution in [0.2, 0.25) is 0 Å². The van der Waals surface area contributed by atoms with Crippen molar-refractivity contribution in [3.05, 3.63) is 260 Å². The van der Waals surface area contributed by atoms with Crippen LogP contribution in [-0.4, -0.2) is 21.5 Å². The van der Waals surface area contributed by atoms with Crippen molar-refractivity contribution in [1.29, 1.82) is 0 Å². The van der Waals surface area contributed by atoms with Gasteiger partial charge in [0.25, 0.3) is 10.0 Å². The maximum absolute atomic E-state index is 15.1. The van der Waals surface area contributed by atoms with Crippen LogP contribution in [0.5, 0.6) is 0 Å². The van der Waals surface area contributed by atoms with Crippen molar-refractivity contribution in [2.75, 3.05) is 0 Å². The van der Waals surface area contributed by atoms with E-state index < -0.39 is 10.0 Å². The smallest absolute Gasteiger partial charge is 0.268 e. The third kappa shape index (κ3) is 6.94. The molecule has 14 rings (SSSR count). The lowest BCUT2D eigenvalue weighted by Crippen LogP contribution is -2.12. The molecule has 6 heteroatoms. The van der Waals surface area contributed by atoms with Gasteiger partial charge in [-0.25, -0.2) is 12.4 Å². The Morgan fingerprint density at radius 1 is 0.274 bits per heavy atom. The molecule has 0 fully saturated rings. The van der Waals surface area contributed by atoms with Crippen molar-refractivity contribution in [2.45, 2.75) is 11.8 Å². The van der Waals surface area contributed by atoms with E-state index in [0.29, 0.717) is 11.0 Å². The highest BCUT2D eigenvalue weighted by Gasteiger charge is 2.26. The highest BCUT2D eigenvalue weighted by Crippen LogP contribution is 2.42. The summed E-state index contributed by atoms with van der Waals surface area (Å²) in [5.74, 6) is 0. The maximum Gasteiger partial charge on any atom is 0.268 e. The first kappa shape index (κ1) is 42.6. The fourth-order valence-corrected chi connectivity index (χ4v) is 12.7. The van der Waals surface area contributed by atoms with Crippen molar-refractivity contribution in [3.8, 4) is 55.9 Å². The summed E-state index contributed by atoms with van der Waals surface area (Å²) in [6, 6.07) is 88.6. The van der Waals surface area contributed by atoms with Gasteiger partial charge < -0.3 is 9.13 Å². The minimum atomic E-state index is -4.06. The van der Waals surface area contributed by atoms with E-state index in [0.717, 1.165) is 116 Å². The Kier molecular flexibility index (Phi) is 9.75. The van der Waals surface area contributed by atoms with Gasteiger partial charge in [-0.1, -0.05) is 163 Å². The number of aryl methyl sites for hydroxylation is 1. The van der Waals surface area contributed by atoms with Gasteiger partial charge in [0, 0.05) is 43.7 Å². The Morgan fingerprint density at radius 2 is 0.562 bits per heavy atom. The molecule has 0 N–H and O–H groups in total. The van der Waals surface area contributed by atoms with Gasteiger partial charge in [-0.15, -0.1) is 0 Å². The molecule has 3 heterocycles. The van der Waals surface area contributed by atoms with Gasteiger partial charge in [0.15, 0.2) is 0 Å². The van der Waals surface area contributed by atoms with Crippen LogP contribution in [0.15, 0.2) is 260 Å². The second kappa shape index (κ2) is 16.7. The van der Waals surface area contributed by atoms with Gasteiger partial charge in [-0.05, 0) is 148 Å². The molecule has 0 saturated heterocycles. The predicted molar refractivity (Wildman–Crippen MR) is 304 cm³/mol. The van der Waals surface area contributed by atoms with Crippen LogP contribution in [0.1, 0.15) is 5.56 Å². The molecule has 11 aromatic carbocycles. The van der Waals surface area contributed by atoms with Crippen molar-refractivity contribution in [1.82, 2.24) is 13.1 Å². The summed E-state index contributed by atoms with van der Waals surface area (Å²) >= 11 is 0. The van der Waals surface area contributed by atoms with E-state index in [-0.39, 0.29) is 4.90 Å². The second-order valence-corrected chi connectivity index (χ2v) is 20.8. The van der Waals surface area contributed by atoms with E-state index >= 15 is 8.42 Å². The molecular weight excluding hydrogens is 911 g/mol. The summed E-state index contributed by atoms with van der Waals surface area (Å²) in [7, 11) is -4.06. The monoisotopic (exact) mass is 955 g/mol. The standard InChI is InChI=1S/C67H45N3O2S/c1-44-22-30-55(31-23-44)73(71,72)70-66-36-28-53(68-62-32-24-49(45-14-6-2-7-15-45)38-56(62)57-39-50(25-33-63(57)68)46-16-8-3-9-17-46)42-60(66)61-43-54(29-37-67(61)70)69-64-34-26-51(47-18-10-4-11-19-47)40-58(64)59-41-52(27-35-65(59)69)48-20-12-5-13-21-48/h2-43H,1H3. The summed E-state index contributed by atoms with van der Waals surface area (Å²) in [6.45, 7) is 1.97. The molecule has 5 nitrogen and oxygen atoms in total. The lowest BCUT2D eigenvalue weighted by atomic mass is 10.0. The molecular formula is C67H45N3O2S. The number of fused-ring (bicyclic) bond motifs is 9. The normalized spacial score (nSPS) is 12.0. The zero-order valence-corrected chi connectivity index (χ0v) is 40.6. The van der Waals surface area contributed by atoms with Crippen LogP contribution in [0.4, 0.5) is 0 Å². The van der Waals surface area contributed by atoms with Crippen LogP contribution in [0.25, 0.3) is 121 Å². The molecule has 0 aliphatic carbocycles. The van der Waals surface area contributed by atoms with Crippen LogP contribution in [0, 0.1) is 6.92 Å². The van der Waals surface area contributed by atoms with Crippen LogP contribution < -0.4 is 0 Å². The molecule has 73 heavy (non-hydrogen) atoms. The second-order valence-electron chi connectivity index (χ2n) is 19.0. The number of benzene rings is 11. The molecule has 0 spiro atoms. The van der Waals surface area contributed by atoms with Crippen molar-refractivity contribution < 1.29 is 8.42 Å². The number of rotatable bonds is 8. The van der Waals surface area contributed by atoms with Gasteiger partial charge >= 0.3 is 0 Å². The minimum absolute atomic E-state index is 0.238. The largest absolute Gasteiger partial charge is 0.309 e. The zero-order valence-electron chi connectivity index (χ0n) is 39.8. The first-order valence-electron chi connectivity index (χ1n) is 24.7. The molecule has 0 atom stereocenters. The Labute approximate surface area is 422 Å². The van der Waals surface area contributed by atoms with E-state index in [4.69, 9.17) is 0 Å².